The number of rotatable bonds is 0. The summed E-state index contributed by atoms with van der Waals surface area (Å²) in [5.74, 6) is -0.442. The van der Waals surface area contributed by atoms with E-state index in [1.54, 1.807) is 0 Å². The van der Waals surface area contributed by atoms with Crippen LogP contribution in [-0.2, 0) is 22.3 Å². The van der Waals surface area contributed by atoms with Crippen LogP contribution in [0.2, 0.25) is 0 Å². The first-order valence-corrected chi connectivity index (χ1v) is 5.52. The van der Waals surface area contributed by atoms with Gasteiger partial charge in [-0.1, -0.05) is 24.3 Å². The van der Waals surface area contributed by atoms with Gasteiger partial charge < -0.3 is 9.47 Å². The maximum Gasteiger partial charge on any atom is 0.162 e. The lowest BCUT2D eigenvalue weighted by Crippen LogP contribution is -2.29. The fourth-order valence-corrected chi connectivity index (χ4v) is 1.90. The summed E-state index contributed by atoms with van der Waals surface area (Å²) >= 11 is 0. The zero-order valence-corrected chi connectivity index (χ0v) is 9.45. The summed E-state index contributed by atoms with van der Waals surface area (Å²) in [4.78, 5) is 0. The van der Waals surface area contributed by atoms with Crippen molar-refractivity contribution in [2.24, 2.45) is 0 Å². The molecule has 1 aromatic rings. The van der Waals surface area contributed by atoms with E-state index in [9.17, 15) is 0 Å². The van der Waals surface area contributed by atoms with Crippen LogP contribution >= 0.6 is 0 Å². The van der Waals surface area contributed by atoms with Gasteiger partial charge in [-0.25, -0.2) is 0 Å². The SMILES string of the molecule is CC1(C)OCCc2ccccc2CCO1. The van der Waals surface area contributed by atoms with Crippen molar-refractivity contribution >= 4 is 0 Å². The van der Waals surface area contributed by atoms with Crippen LogP contribution in [0, 0.1) is 0 Å². The Morgan fingerprint density at radius 1 is 0.933 bits per heavy atom. The van der Waals surface area contributed by atoms with Crippen molar-refractivity contribution in [2.45, 2.75) is 32.5 Å². The summed E-state index contributed by atoms with van der Waals surface area (Å²) in [6.45, 7) is 5.40. The molecule has 0 saturated heterocycles. The van der Waals surface area contributed by atoms with Crippen molar-refractivity contribution in [1.82, 2.24) is 0 Å². The quantitative estimate of drug-likeness (QED) is 0.649. The molecule has 2 nitrogen and oxygen atoms in total. The summed E-state index contributed by atoms with van der Waals surface area (Å²) in [6.07, 6.45) is 1.95. The summed E-state index contributed by atoms with van der Waals surface area (Å²) in [5, 5.41) is 0. The summed E-state index contributed by atoms with van der Waals surface area (Å²) in [7, 11) is 0. The van der Waals surface area contributed by atoms with Gasteiger partial charge in [0.2, 0.25) is 0 Å². The normalized spacial score (nSPS) is 20.9. The summed E-state index contributed by atoms with van der Waals surface area (Å²) in [5.41, 5.74) is 2.78. The predicted octanol–water partition coefficient (Wildman–Crippen LogP) is 2.55. The molecule has 0 radical (unpaired) electrons. The lowest BCUT2D eigenvalue weighted by atomic mass is 10.0. The molecule has 0 spiro atoms. The van der Waals surface area contributed by atoms with E-state index in [-0.39, 0.29) is 0 Å². The fourth-order valence-electron chi connectivity index (χ4n) is 1.90. The molecule has 0 amide bonds. The Bertz CT molecular complexity index is 300. The summed E-state index contributed by atoms with van der Waals surface area (Å²) < 4.78 is 11.4. The van der Waals surface area contributed by atoms with Crippen LogP contribution in [0.5, 0.6) is 0 Å². The van der Waals surface area contributed by atoms with Crippen LogP contribution < -0.4 is 0 Å². The van der Waals surface area contributed by atoms with Gasteiger partial charge in [-0.05, 0) is 37.8 Å². The molecular formula is C13H18O2. The van der Waals surface area contributed by atoms with Crippen LogP contribution in [0.15, 0.2) is 24.3 Å². The molecule has 1 heterocycles. The van der Waals surface area contributed by atoms with Gasteiger partial charge in [0, 0.05) is 0 Å². The van der Waals surface area contributed by atoms with E-state index in [4.69, 9.17) is 9.47 Å². The monoisotopic (exact) mass is 206 g/mol. The lowest BCUT2D eigenvalue weighted by molar-refractivity contribution is -0.211. The van der Waals surface area contributed by atoms with Gasteiger partial charge >= 0.3 is 0 Å². The Labute approximate surface area is 91.2 Å². The van der Waals surface area contributed by atoms with E-state index in [0.29, 0.717) is 0 Å². The molecular weight excluding hydrogens is 188 g/mol. The number of hydrogen-bond donors (Lipinski definition) is 0. The smallest absolute Gasteiger partial charge is 0.162 e. The molecule has 0 fully saturated rings. The van der Waals surface area contributed by atoms with Crippen LogP contribution in [0.25, 0.3) is 0 Å². The second-order valence-electron chi connectivity index (χ2n) is 4.37. The van der Waals surface area contributed by atoms with Crippen molar-refractivity contribution in [1.29, 1.82) is 0 Å². The Hall–Kier alpha value is -0.860. The van der Waals surface area contributed by atoms with E-state index in [1.807, 2.05) is 13.8 Å². The lowest BCUT2D eigenvalue weighted by Gasteiger charge is -2.24. The van der Waals surface area contributed by atoms with Gasteiger partial charge in [-0.3, -0.25) is 0 Å². The Balaban J connectivity index is 2.15. The molecule has 0 aliphatic carbocycles. The molecule has 0 bridgehead atoms. The highest BCUT2D eigenvalue weighted by Crippen LogP contribution is 2.18. The van der Waals surface area contributed by atoms with Crippen LogP contribution in [-0.4, -0.2) is 19.0 Å². The molecule has 15 heavy (non-hydrogen) atoms. The minimum absolute atomic E-state index is 0.442. The predicted molar refractivity (Wildman–Crippen MR) is 59.8 cm³/mol. The molecule has 0 N–H and O–H groups in total. The number of hydrogen-bond acceptors (Lipinski definition) is 2. The highest BCUT2D eigenvalue weighted by atomic mass is 16.7. The molecule has 2 rings (SSSR count). The van der Waals surface area contributed by atoms with E-state index in [1.165, 1.54) is 11.1 Å². The highest BCUT2D eigenvalue weighted by molar-refractivity contribution is 5.27. The number of fused-ring (bicyclic) bond motifs is 1. The molecule has 1 aromatic carbocycles. The van der Waals surface area contributed by atoms with Crippen molar-refractivity contribution in [2.75, 3.05) is 13.2 Å². The van der Waals surface area contributed by atoms with Gasteiger partial charge in [0.15, 0.2) is 5.79 Å². The minimum Gasteiger partial charge on any atom is -0.350 e. The van der Waals surface area contributed by atoms with Crippen molar-refractivity contribution in [3.05, 3.63) is 35.4 Å². The summed E-state index contributed by atoms with van der Waals surface area (Å²) in [6, 6.07) is 8.53. The molecule has 0 saturated carbocycles. The van der Waals surface area contributed by atoms with Crippen LogP contribution in [0.4, 0.5) is 0 Å². The van der Waals surface area contributed by atoms with Crippen LogP contribution in [0.3, 0.4) is 0 Å². The minimum atomic E-state index is -0.442. The van der Waals surface area contributed by atoms with Gasteiger partial charge in [0.05, 0.1) is 13.2 Å². The third-order valence-corrected chi connectivity index (χ3v) is 2.76. The molecule has 0 atom stereocenters. The first-order chi connectivity index (χ1) is 7.17. The second-order valence-corrected chi connectivity index (χ2v) is 4.37. The highest BCUT2D eigenvalue weighted by Gasteiger charge is 2.20. The van der Waals surface area contributed by atoms with Gasteiger partial charge in [0.25, 0.3) is 0 Å². The van der Waals surface area contributed by atoms with Gasteiger partial charge in [-0.2, -0.15) is 0 Å². The van der Waals surface area contributed by atoms with Crippen molar-refractivity contribution in [3.63, 3.8) is 0 Å². The number of ether oxygens (including phenoxy) is 2. The van der Waals surface area contributed by atoms with E-state index < -0.39 is 5.79 Å². The average molecular weight is 206 g/mol. The molecule has 1 aliphatic rings. The maximum atomic E-state index is 5.68. The zero-order chi connectivity index (χ0) is 10.7. The zero-order valence-electron chi connectivity index (χ0n) is 9.45. The van der Waals surface area contributed by atoms with E-state index >= 15 is 0 Å². The third kappa shape index (κ3) is 2.80. The molecule has 82 valence electrons. The van der Waals surface area contributed by atoms with Crippen LogP contribution in [0.1, 0.15) is 25.0 Å². The second kappa shape index (κ2) is 4.33. The van der Waals surface area contributed by atoms with Crippen molar-refractivity contribution < 1.29 is 9.47 Å². The topological polar surface area (TPSA) is 18.5 Å². The van der Waals surface area contributed by atoms with Gasteiger partial charge in [-0.15, -0.1) is 0 Å². The Kier molecular flexibility index (Phi) is 3.08. The first kappa shape index (κ1) is 10.7. The van der Waals surface area contributed by atoms with Gasteiger partial charge in [0.1, 0.15) is 0 Å². The van der Waals surface area contributed by atoms with Crippen molar-refractivity contribution in [3.8, 4) is 0 Å². The maximum absolute atomic E-state index is 5.68. The van der Waals surface area contributed by atoms with E-state index in [0.717, 1.165) is 26.1 Å². The molecule has 0 unspecified atom stereocenters. The molecule has 2 heteroatoms. The number of benzene rings is 1. The van der Waals surface area contributed by atoms with E-state index in [2.05, 4.69) is 24.3 Å². The molecule has 1 aliphatic heterocycles. The third-order valence-electron chi connectivity index (χ3n) is 2.76. The fraction of sp³-hybridized carbons (Fsp3) is 0.538. The Morgan fingerprint density at radius 3 is 1.87 bits per heavy atom. The molecule has 0 aromatic heterocycles. The average Bonchev–Trinajstić information content (AvgIpc) is 2.25. The largest absolute Gasteiger partial charge is 0.350 e. The Morgan fingerprint density at radius 2 is 1.40 bits per heavy atom. The standard InChI is InChI=1S/C13H18O2/c1-13(2)14-9-7-11-5-3-4-6-12(11)8-10-15-13/h3-6H,7-10H2,1-2H3. The first-order valence-electron chi connectivity index (χ1n) is 5.52.